The molecule has 0 bridgehead atoms. The van der Waals surface area contributed by atoms with Crippen LogP contribution in [-0.2, 0) is 12.7 Å². The summed E-state index contributed by atoms with van der Waals surface area (Å²) in [4.78, 5) is 7.91. The molecule has 0 atom stereocenters. The van der Waals surface area contributed by atoms with Gasteiger partial charge in [0.1, 0.15) is 5.82 Å². The van der Waals surface area contributed by atoms with E-state index in [2.05, 4.69) is 15.3 Å². The van der Waals surface area contributed by atoms with E-state index in [0.29, 0.717) is 6.54 Å². The average Bonchev–Trinajstić information content (AvgIpc) is 2.70. The SMILES string of the molecule is Cc1ccsc1CNc1cc(C(F)(F)F)nc(Cl)n1. The molecule has 8 heteroatoms. The molecule has 0 radical (unpaired) electrons. The molecule has 0 saturated carbocycles. The van der Waals surface area contributed by atoms with Crippen LogP contribution < -0.4 is 5.32 Å². The van der Waals surface area contributed by atoms with Crippen molar-refractivity contribution in [3.8, 4) is 0 Å². The third-order valence-electron chi connectivity index (χ3n) is 2.39. The number of aryl methyl sites for hydroxylation is 1. The monoisotopic (exact) mass is 307 g/mol. The highest BCUT2D eigenvalue weighted by Gasteiger charge is 2.33. The lowest BCUT2D eigenvalue weighted by atomic mass is 10.3. The smallest absolute Gasteiger partial charge is 0.365 e. The molecule has 2 aromatic rings. The molecule has 2 heterocycles. The zero-order chi connectivity index (χ0) is 14.0. The standard InChI is InChI=1S/C11H9ClF3N3S/c1-6-2-3-19-7(6)5-16-9-4-8(11(13,14)15)17-10(12)18-9/h2-4H,5H2,1H3,(H,16,17,18). The van der Waals surface area contributed by atoms with Gasteiger partial charge in [-0.1, -0.05) is 0 Å². The zero-order valence-electron chi connectivity index (χ0n) is 9.75. The first-order valence-corrected chi connectivity index (χ1v) is 6.50. The van der Waals surface area contributed by atoms with Gasteiger partial charge in [-0.3, -0.25) is 0 Å². The molecule has 0 aliphatic carbocycles. The Morgan fingerprint density at radius 2 is 2.11 bits per heavy atom. The summed E-state index contributed by atoms with van der Waals surface area (Å²) in [6.07, 6.45) is -4.54. The summed E-state index contributed by atoms with van der Waals surface area (Å²) in [6.45, 7) is 2.33. The Hall–Kier alpha value is -1.34. The van der Waals surface area contributed by atoms with Crippen LogP contribution in [0, 0.1) is 6.92 Å². The summed E-state index contributed by atoms with van der Waals surface area (Å²) in [5.41, 5.74) is 0.0200. The summed E-state index contributed by atoms with van der Waals surface area (Å²) in [7, 11) is 0. The average molecular weight is 308 g/mol. The van der Waals surface area contributed by atoms with Gasteiger partial charge in [0.05, 0.1) is 6.54 Å². The molecular formula is C11H9ClF3N3S. The quantitative estimate of drug-likeness (QED) is 0.866. The molecule has 2 aromatic heterocycles. The van der Waals surface area contributed by atoms with E-state index in [1.54, 1.807) is 0 Å². The van der Waals surface area contributed by atoms with E-state index >= 15 is 0 Å². The molecule has 0 amide bonds. The minimum atomic E-state index is -4.54. The first-order chi connectivity index (χ1) is 8.86. The number of hydrogen-bond acceptors (Lipinski definition) is 4. The Kier molecular flexibility index (Phi) is 3.96. The number of nitrogens with one attached hydrogen (secondary N) is 1. The molecule has 0 aliphatic heterocycles. The Morgan fingerprint density at radius 1 is 1.37 bits per heavy atom. The van der Waals surface area contributed by atoms with E-state index in [-0.39, 0.29) is 5.82 Å². The minimum Gasteiger partial charge on any atom is -0.365 e. The Morgan fingerprint density at radius 3 is 2.68 bits per heavy atom. The van der Waals surface area contributed by atoms with Gasteiger partial charge < -0.3 is 5.32 Å². The van der Waals surface area contributed by atoms with Crippen LogP contribution in [0.1, 0.15) is 16.1 Å². The Bertz CT molecular complexity index is 583. The van der Waals surface area contributed by atoms with Crippen molar-refractivity contribution in [3.05, 3.63) is 38.9 Å². The molecule has 0 aliphatic rings. The van der Waals surface area contributed by atoms with Crippen LogP contribution in [0.5, 0.6) is 0 Å². The maximum atomic E-state index is 12.6. The molecule has 0 spiro atoms. The third-order valence-corrected chi connectivity index (χ3v) is 3.58. The topological polar surface area (TPSA) is 37.8 Å². The van der Waals surface area contributed by atoms with Crippen molar-refractivity contribution >= 4 is 28.8 Å². The molecule has 0 unspecified atom stereocenters. The fraction of sp³-hybridized carbons (Fsp3) is 0.273. The number of aromatic nitrogens is 2. The highest BCUT2D eigenvalue weighted by atomic mass is 35.5. The summed E-state index contributed by atoms with van der Waals surface area (Å²) in [5.74, 6) is 0.0557. The van der Waals surface area contributed by atoms with Crippen molar-refractivity contribution in [1.82, 2.24) is 9.97 Å². The first kappa shape index (κ1) is 14.1. The number of thiophene rings is 1. The molecule has 102 valence electrons. The molecule has 19 heavy (non-hydrogen) atoms. The Labute approximate surface area is 116 Å². The van der Waals surface area contributed by atoms with Crippen LogP contribution in [0.3, 0.4) is 0 Å². The second-order valence-corrected chi connectivity index (χ2v) is 5.12. The third kappa shape index (κ3) is 3.57. The summed E-state index contributed by atoms with van der Waals surface area (Å²) >= 11 is 7.01. The van der Waals surface area contributed by atoms with Crippen molar-refractivity contribution in [2.24, 2.45) is 0 Å². The maximum absolute atomic E-state index is 12.6. The fourth-order valence-corrected chi connectivity index (χ4v) is 2.44. The normalized spacial score (nSPS) is 11.6. The first-order valence-electron chi connectivity index (χ1n) is 5.25. The van der Waals surface area contributed by atoms with Crippen LogP contribution in [0.15, 0.2) is 17.5 Å². The van der Waals surface area contributed by atoms with Gasteiger partial charge >= 0.3 is 6.18 Å². The van der Waals surface area contributed by atoms with Crippen molar-refractivity contribution in [1.29, 1.82) is 0 Å². The predicted octanol–water partition coefficient (Wildman–Crippen LogP) is 4.13. The molecule has 2 rings (SSSR count). The van der Waals surface area contributed by atoms with Gasteiger partial charge in [0, 0.05) is 10.9 Å². The molecule has 3 nitrogen and oxygen atoms in total. The zero-order valence-corrected chi connectivity index (χ0v) is 11.3. The van der Waals surface area contributed by atoms with Gasteiger partial charge in [0.15, 0.2) is 5.69 Å². The number of hydrogen-bond donors (Lipinski definition) is 1. The highest BCUT2D eigenvalue weighted by molar-refractivity contribution is 7.10. The van der Waals surface area contributed by atoms with Crippen LogP contribution >= 0.6 is 22.9 Å². The van der Waals surface area contributed by atoms with E-state index in [4.69, 9.17) is 11.6 Å². The number of alkyl halides is 3. The van der Waals surface area contributed by atoms with Gasteiger partial charge in [-0.2, -0.15) is 13.2 Å². The number of rotatable bonds is 3. The lowest BCUT2D eigenvalue weighted by Crippen LogP contribution is -2.11. The molecular weight excluding hydrogens is 299 g/mol. The van der Waals surface area contributed by atoms with Crippen LogP contribution in [-0.4, -0.2) is 9.97 Å². The minimum absolute atomic E-state index is 0.0557. The largest absolute Gasteiger partial charge is 0.433 e. The van der Waals surface area contributed by atoms with E-state index in [9.17, 15) is 13.2 Å². The summed E-state index contributed by atoms with van der Waals surface area (Å²) in [5, 5.41) is 4.30. The van der Waals surface area contributed by atoms with Gasteiger partial charge in [-0.05, 0) is 35.5 Å². The van der Waals surface area contributed by atoms with Gasteiger partial charge in [0.2, 0.25) is 5.28 Å². The van der Waals surface area contributed by atoms with Crippen LogP contribution in [0.4, 0.5) is 19.0 Å². The summed E-state index contributed by atoms with van der Waals surface area (Å²) in [6, 6.07) is 2.78. The number of nitrogens with zero attached hydrogens (tertiary/aromatic N) is 2. The number of anilines is 1. The molecule has 1 N–H and O–H groups in total. The van der Waals surface area contributed by atoms with Crippen LogP contribution in [0.25, 0.3) is 0 Å². The van der Waals surface area contributed by atoms with Crippen molar-refractivity contribution in [2.75, 3.05) is 5.32 Å². The van der Waals surface area contributed by atoms with Gasteiger partial charge in [-0.15, -0.1) is 11.3 Å². The Balaban J connectivity index is 2.17. The second kappa shape index (κ2) is 5.34. The highest BCUT2D eigenvalue weighted by Crippen LogP contribution is 2.29. The predicted molar refractivity (Wildman–Crippen MR) is 68.4 cm³/mol. The molecule has 0 fully saturated rings. The lowest BCUT2D eigenvalue weighted by molar-refractivity contribution is -0.141. The maximum Gasteiger partial charge on any atom is 0.433 e. The second-order valence-electron chi connectivity index (χ2n) is 3.79. The molecule has 0 aromatic carbocycles. The van der Waals surface area contributed by atoms with Crippen molar-refractivity contribution in [3.63, 3.8) is 0 Å². The van der Waals surface area contributed by atoms with E-state index < -0.39 is 17.2 Å². The van der Waals surface area contributed by atoms with E-state index in [0.717, 1.165) is 16.5 Å². The summed E-state index contributed by atoms with van der Waals surface area (Å²) < 4.78 is 37.7. The van der Waals surface area contributed by atoms with Crippen LogP contribution in [0.2, 0.25) is 5.28 Å². The van der Waals surface area contributed by atoms with Gasteiger partial charge in [-0.25, -0.2) is 9.97 Å². The van der Waals surface area contributed by atoms with Crippen molar-refractivity contribution < 1.29 is 13.2 Å². The van der Waals surface area contributed by atoms with Crippen molar-refractivity contribution in [2.45, 2.75) is 19.6 Å². The van der Waals surface area contributed by atoms with E-state index in [1.165, 1.54) is 11.3 Å². The lowest BCUT2D eigenvalue weighted by Gasteiger charge is -2.09. The molecule has 0 saturated heterocycles. The fourth-order valence-electron chi connectivity index (χ4n) is 1.41. The van der Waals surface area contributed by atoms with E-state index in [1.807, 2.05) is 18.4 Å². The number of halogens is 4. The van der Waals surface area contributed by atoms with Gasteiger partial charge in [0.25, 0.3) is 0 Å².